The van der Waals surface area contributed by atoms with Crippen LogP contribution in [-0.4, -0.2) is 11.5 Å². The Labute approximate surface area is 92.3 Å². The van der Waals surface area contributed by atoms with Gasteiger partial charge in [-0.15, -0.1) is 0 Å². The third kappa shape index (κ3) is 3.59. The average molecular weight is 228 g/mol. The smallest absolute Gasteiger partial charge is 0.235 e. The van der Waals surface area contributed by atoms with E-state index in [-0.39, 0.29) is 0 Å². The van der Waals surface area contributed by atoms with Crippen LogP contribution in [0.3, 0.4) is 0 Å². The van der Waals surface area contributed by atoms with E-state index in [9.17, 15) is 10.1 Å². The van der Waals surface area contributed by atoms with Crippen LogP contribution < -0.4 is 4.74 Å². The Morgan fingerprint density at radius 1 is 1.60 bits per heavy atom. The summed E-state index contributed by atoms with van der Waals surface area (Å²) in [5.41, 5.74) is 0.598. The first kappa shape index (κ1) is 11.5. The molecule has 0 unspecified atom stereocenters. The van der Waals surface area contributed by atoms with Gasteiger partial charge in [-0.1, -0.05) is 11.6 Å². The zero-order valence-electron chi connectivity index (χ0n) is 8.14. The lowest BCUT2D eigenvalue weighted by atomic mass is 10.2. The Kier molecular flexibility index (Phi) is 4.12. The van der Waals surface area contributed by atoms with Crippen LogP contribution in [0.1, 0.15) is 12.5 Å². The van der Waals surface area contributed by atoms with Gasteiger partial charge in [-0.25, -0.2) is 0 Å². The van der Waals surface area contributed by atoms with Crippen LogP contribution in [0, 0.1) is 10.1 Å². The number of ether oxygens (including phenoxy) is 1. The molecule has 5 heteroatoms. The maximum Gasteiger partial charge on any atom is 0.235 e. The molecule has 1 rings (SSSR count). The molecule has 0 aliphatic heterocycles. The number of halogens is 1. The van der Waals surface area contributed by atoms with E-state index in [1.165, 1.54) is 6.08 Å². The Morgan fingerprint density at radius 3 is 2.93 bits per heavy atom. The number of rotatable bonds is 4. The minimum Gasteiger partial charge on any atom is -0.493 e. The summed E-state index contributed by atoms with van der Waals surface area (Å²) in [7, 11) is 0. The summed E-state index contributed by atoms with van der Waals surface area (Å²) < 4.78 is 5.29. The third-order valence-corrected chi connectivity index (χ3v) is 1.88. The Bertz CT molecular complexity index is 390. The molecule has 0 bridgehead atoms. The van der Waals surface area contributed by atoms with Crippen molar-refractivity contribution in [2.45, 2.75) is 6.92 Å². The average Bonchev–Trinajstić information content (AvgIpc) is 2.18. The van der Waals surface area contributed by atoms with Gasteiger partial charge in [0.1, 0.15) is 5.75 Å². The molecule has 0 aliphatic rings. The molecule has 0 N–H and O–H groups in total. The molecule has 1 aromatic carbocycles. The van der Waals surface area contributed by atoms with Gasteiger partial charge in [0, 0.05) is 16.7 Å². The highest BCUT2D eigenvalue weighted by Crippen LogP contribution is 2.24. The van der Waals surface area contributed by atoms with Crippen LogP contribution in [-0.2, 0) is 0 Å². The van der Waals surface area contributed by atoms with E-state index in [0.29, 0.717) is 22.9 Å². The van der Waals surface area contributed by atoms with Crippen molar-refractivity contribution in [3.63, 3.8) is 0 Å². The molecule has 0 heterocycles. The van der Waals surface area contributed by atoms with Crippen LogP contribution in [0.25, 0.3) is 6.08 Å². The molecule has 80 valence electrons. The van der Waals surface area contributed by atoms with Gasteiger partial charge in [-0.2, -0.15) is 0 Å². The van der Waals surface area contributed by atoms with Crippen LogP contribution >= 0.6 is 11.6 Å². The minimum atomic E-state index is -0.531. The quantitative estimate of drug-likeness (QED) is 0.587. The SMILES string of the molecule is CCOc1ccc(Cl)cc1/C=C/[N+](=O)[O-]. The fourth-order valence-corrected chi connectivity index (χ4v) is 1.26. The van der Waals surface area contributed by atoms with Gasteiger partial charge in [-0.3, -0.25) is 10.1 Å². The summed E-state index contributed by atoms with van der Waals surface area (Å²) >= 11 is 5.77. The van der Waals surface area contributed by atoms with Gasteiger partial charge < -0.3 is 4.74 Å². The zero-order valence-corrected chi connectivity index (χ0v) is 8.90. The normalized spacial score (nSPS) is 10.5. The molecule has 0 amide bonds. The van der Waals surface area contributed by atoms with Gasteiger partial charge in [0.2, 0.25) is 6.20 Å². The van der Waals surface area contributed by atoms with Crippen LogP contribution in [0.15, 0.2) is 24.4 Å². The van der Waals surface area contributed by atoms with E-state index in [1.54, 1.807) is 18.2 Å². The molecule has 0 saturated heterocycles. The topological polar surface area (TPSA) is 52.4 Å². The summed E-state index contributed by atoms with van der Waals surface area (Å²) in [6.07, 6.45) is 2.21. The summed E-state index contributed by atoms with van der Waals surface area (Å²) in [6.45, 7) is 2.34. The van der Waals surface area contributed by atoms with Gasteiger partial charge in [0.25, 0.3) is 0 Å². The summed E-state index contributed by atoms with van der Waals surface area (Å²) in [6, 6.07) is 4.98. The molecule has 0 atom stereocenters. The van der Waals surface area contributed by atoms with E-state index in [2.05, 4.69) is 0 Å². The molecular weight excluding hydrogens is 218 g/mol. The molecule has 0 aromatic heterocycles. The van der Waals surface area contributed by atoms with Gasteiger partial charge >= 0.3 is 0 Å². The van der Waals surface area contributed by atoms with Crippen molar-refractivity contribution in [3.05, 3.63) is 45.1 Å². The summed E-state index contributed by atoms with van der Waals surface area (Å²) in [5.74, 6) is 0.583. The molecule has 0 saturated carbocycles. The Balaban J connectivity index is 3.01. The minimum absolute atomic E-state index is 0.501. The molecule has 0 radical (unpaired) electrons. The zero-order chi connectivity index (χ0) is 11.3. The second-order valence-corrected chi connectivity index (χ2v) is 3.15. The number of nitrogens with zero attached hydrogens (tertiary/aromatic N) is 1. The maximum atomic E-state index is 10.2. The molecule has 4 nitrogen and oxygen atoms in total. The summed E-state index contributed by atoms with van der Waals surface area (Å²) in [5, 5.41) is 10.7. The maximum absolute atomic E-state index is 10.2. The van der Waals surface area contributed by atoms with Crippen molar-refractivity contribution >= 4 is 17.7 Å². The number of benzene rings is 1. The van der Waals surface area contributed by atoms with E-state index < -0.39 is 4.92 Å². The first-order valence-corrected chi connectivity index (χ1v) is 4.75. The number of hydrogen-bond donors (Lipinski definition) is 0. The predicted octanol–water partition coefficient (Wildman–Crippen LogP) is 2.99. The predicted molar refractivity (Wildman–Crippen MR) is 58.6 cm³/mol. The highest BCUT2D eigenvalue weighted by atomic mass is 35.5. The first-order valence-electron chi connectivity index (χ1n) is 4.37. The fraction of sp³-hybridized carbons (Fsp3) is 0.200. The van der Waals surface area contributed by atoms with Gasteiger partial charge in [-0.05, 0) is 25.1 Å². The van der Waals surface area contributed by atoms with Crippen LogP contribution in [0.2, 0.25) is 5.02 Å². The molecule has 0 aliphatic carbocycles. The highest BCUT2D eigenvalue weighted by molar-refractivity contribution is 6.30. The standard InChI is InChI=1S/C10H10ClNO3/c1-2-15-10-4-3-9(11)7-8(10)5-6-12(13)14/h3-7H,2H2,1H3/b6-5+. The van der Waals surface area contributed by atoms with Crippen molar-refractivity contribution in [1.82, 2.24) is 0 Å². The Morgan fingerprint density at radius 2 is 2.33 bits per heavy atom. The number of nitro groups is 1. The molecule has 0 spiro atoms. The molecule has 0 fully saturated rings. The van der Waals surface area contributed by atoms with Crippen LogP contribution in [0.5, 0.6) is 5.75 Å². The lowest BCUT2D eigenvalue weighted by molar-refractivity contribution is -0.400. The van der Waals surface area contributed by atoms with Crippen molar-refractivity contribution < 1.29 is 9.66 Å². The van der Waals surface area contributed by atoms with E-state index in [4.69, 9.17) is 16.3 Å². The monoisotopic (exact) mass is 227 g/mol. The fourth-order valence-electron chi connectivity index (χ4n) is 1.08. The first-order chi connectivity index (χ1) is 7.13. The largest absolute Gasteiger partial charge is 0.493 e. The van der Waals surface area contributed by atoms with Crippen molar-refractivity contribution in [2.24, 2.45) is 0 Å². The van der Waals surface area contributed by atoms with E-state index >= 15 is 0 Å². The molecule has 15 heavy (non-hydrogen) atoms. The van der Waals surface area contributed by atoms with Crippen molar-refractivity contribution in [2.75, 3.05) is 6.61 Å². The van der Waals surface area contributed by atoms with Gasteiger partial charge in [0.05, 0.1) is 11.5 Å². The molecule has 1 aromatic rings. The van der Waals surface area contributed by atoms with Crippen molar-refractivity contribution in [3.8, 4) is 5.75 Å². The second kappa shape index (κ2) is 5.36. The van der Waals surface area contributed by atoms with E-state index in [0.717, 1.165) is 6.20 Å². The van der Waals surface area contributed by atoms with E-state index in [1.807, 2.05) is 6.92 Å². The third-order valence-electron chi connectivity index (χ3n) is 1.65. The highest BCUT2D eigenvalue weighted by Gasteiger charge is 2.02. The lowest BCUT2D eigenvalue weighted by Gasteiger charge is -2.06. The number of hydrogen-bond acceptors (Lipinski definition) is 3. The summed E-state index contributed by atoms with van der Waals surface area (Å²) in [4.78, 5) is 9.64. The van der Waals surface area contributed by atoms with Crippen molar-refractivity contribution in [1.29, 1.82) is 0 Å². The second-order valence-electron chi connectivity index (χ2n) is 2.72. The van der Waals surface area contributed by atoms with Crippen LogP contribution in [0.4, 0.5) is 0 Å². The Hall–Kier alpha value is -1.55. The molecular formula is C10H10ClNO3. The van der Waals surface area contributed by atoms with Gasteiger partial charge in [0.15, 0.2) is 0 Å². The lowest BCUT2D eigenvalue weighted by Crippen LogP contribution is -1.94.